The number of aromatic nitrogens is 2. The van der Waals surface area contributed by atoms with Crippen LogP contribution in [0.15, 0.2) is 47.6 Å². The number of anilines is 1. The van der Waals surface area contributed by atoms with E-state index >= 15 is 0 Å². The van der Waals surface area contributed by atoms with Crippen LogP contribution in [0, 0.1) is 0 Å². The maximum atomic E-state index is 5.38. The van der Waals surface area contributed by atoms with Crippen molar-refractivity contribution in [1.82, 2.24) is 9.97 Å². The predicted octanol–water partition coefficient (Wildman–Crippen LogP) is 3.97. The van der Waals surface area contributed by atoms with Crippen molar-refractivity contribution in [2.75, 3.05) is 31.4 Å². The van der Waals surface area contributed by atoms with Crippen LogP contribution < -0.4 is 9.64 Å². The Morgan fingerprint density at radius 2 is 1.84 bits per heavy atom. The van der Waals surface area contributed by atoms with Crippen LogP contribution in [0.4, 0.5) is 5.82 Å². The molecule has 0 saturated carbocycles. The van der Waals surface area contributed by atoms with Crippen molar-refractivity contribution in [3.8, 4) is 5.75 Å². The van der Waals surface area contributed by atoms with Gasteiger partial charge in [-0.3, -0.25) is 0 Å². The molecule has 2 heterocycles. The first kappa shape index (κ1) is 16.2. The standard InChI is InChI=1S/C20H21N3OS/c1-24-16-4-3-14-7-9-23(10-8-15(14)11-16)20-18-12-17(25-2)5-6-19(18)21-13-22-20/h3-6,11-13H,7-10H2,1-2H3. The number of methoxy groups -OCH3 is 1. The van der Waals surface area contributed by atoms with Gasteiger partial charge in [0.25, 0.3) is 0 Å². The van der Waals surface area contributed by atoms with Gasteiger partial charge in [0.2, 0.25) is 0 Å². The predicted molar refractivity (Wildman–Crippen MR) is 104 cm³/mol. The maximum Gasteiger partial charge on any atom is 0.139 e. The second-order valence-electron chi connectivity index (χ2n) is 6.20. The Morgan fingerprint density at radius 3 is 2.64 bits per heavy atom. The molecule has 0 saturated heterocycles. The van der Waals surface area contributed by atoms with Crippen LogP contribution in [0.25, 0.3) is 10.9 Å². The van der Waals surface area contributed by atoms with Gasteiger partial charge in [-0.1, -0.05) is 6.07 Å². The van der Waals surface area contributed by atoms with E-state index in [-0.39, 0.29) is 0 Å². The highest BCUT2D eigenvalue weighted by molar-refractivity contribution is 7.98. The Bertz CT molecular complexity index is 913. The monoisotopic (exact) mass is 351 g/mol. The van der Waals surface area contributed by atoms with Gasteiger partial charge in [-0.2, -0.15) is 0 Å². The lowest BCUT2D eigenvalue weighted by atomic mass is 10.0. The molecule has 0 amide bonds. The molecule has 0 N–H and O–H groups in total. The summed E-state index contributed by atoms with van der Waals surface area (Å²) in [4.78, 5) is 12.7. The van der Waals surface area contributed by atoms with Gasteiger partial charge in [0.05, 0.1) is 12.6 Å². The summed E-state index contributed by atoms with van der Waals surface area (Å²) in [6.07, 6.45) is 5.80. The zero-order valence-electron chi connectivity index (χ0n) is 14.5. The van der Waals surface area contributed by atoms with E-state index in [2.05, 4.69) is 57.5 Å². The minimum Gasteiger partial charge on any atom is -0.497 e. The third kappa shape index (κ3) is 3.16. The first-order valence-corrected chi connectivity index (χ1v) is 9.70. The SMILES string of the molecule is COc1ccc2c(c1)CCN(c1ncnc3ccc(SC)cc13)CC2. The molecule has 0 bridgehead atoms. The molecule has 5 heteroatoms. The van der Waals surface area contributed by atoms with Gasteiger partial charge in [-0.15, -0.1) is 11.8 Å². The summed E-state index contributed by atoms with van der Waals surface area (Å²) in [5, 5.41) is 1.14. The topological polar surface area (TPSA) is 38.2 Å². The second kappa shape index (κ2) is 6.92. The van der Waals surface area contributed by atoms with E-state index in [0.29, 0.717) is 0 Å². The zero-order valence-corrected chi connectivity index (χ0v) is 15.3. The zero-order chi connectivity index (χ0) is 17.2. The summed E-state index contributed by atoms with van der Waals surface area (Å²) in [5.41, 5.74) is 3.79. The van der Waals surface area contributed by atoms with E-state index in [0.717, 1.165) is 48.4 Å². The number of rotatable bonds is 3. The van der Waals surface area contributed by atoms with E-state index in [9.17, 15) is 0 Å². The van der Waals surface area contributed by atoms with Gasteiger partial charge in [0.15, 0.2) is 0 Å². The number of fused-ring (bicyclic) bond motifs is 2. The van der Waals surface area contributed by atoms with Crippen LogP contribution in [-0.2, 0) is 12.8 Å². The first-order valence-electron chi connectivity index (χ1n) is 8.48. The van der Waals surface area contributed by atoms with Gasteiger partial charge >= 0.3 is 0 Å². The van der Waals surface area contributed by atoms with E-state index in [1.807, 2.05) is 0 Å². The van der Waals surface area contributed by atoms with Crippen LogP contribution in [0.5, 0.6) is 5.75 Å². The van der Waals surface area contributed by atoms with Crippen molar-refractivity contribution >= 4 is 28.5 Å². The first-order chi connectivity index (χ1) is 12.3. The number of ether oxygens (including phenoxy) is 1. The molecule has 4 rings (SSSR count). The van der Waals surface area contributed by atoms with Crippen molar-refractivity contribution in [1.29, 1.82) is 0 Å². The molecule has 3 aromatic rings. The minimum atomic E-state index is 0.935. The quantitative estimate of drug-likeness (QED) is 0.668. The summed E-state index contributed by atoms with van der Waals surface area (Å²) >= 11 is 1.75. The highest BCUT2D eigenvalue weighted by Gasteiger charge is 2.18. The fourth-order valence-corrected chi connectivity index (χ4v) is 3.88. The molecule has 1 aliphatic rings. The Morgan fingerprint density at radius 1 is 1.00 bits per heavy atom. The number of hydrogen-bond donors (Lipinski definition) is 0. The van der Waals surface area contributed by atoms with Crippen molar-refractivity contribution < 1.29 is 4.74 Å². The van der Waals surface area contributed by atoms with Crippen LogP contribution in [0.3, 0.4) is 0 Å². The van der Waals surface area contributed by atoms with Crippen molar-refractivity contribution in [2.45, 2.75) is 17.7 Å². The number of benzene rings is 2. The molecular formula is C20H21N3OS. The molecule has 128 valence electrons. The molecule has 4 nitrogen and oxygen atoms in total. The van der Waals surface area contributed by atoms with E-state index in [1.165, 1.54) is 16.0 Å². The number of nitrogens with zero attached hydrogens (tertiary/aromatic N) is 3. The lowest BCUT2D eigenvalue weighted by Gasteiger charge is -2.22. The third-order valence-corrected chi connectivity index (χ3v) is 5.56. The van der Waals surface area contributed by atoms with Crippen LogP contribution in [0.1, 0.15) is 11.1 Å². The summed E-state index contributed by atoms with van der Waals surface area (Å²) in [5.74, 6) is 1.98. The highest BCUT2D eigenvalue weighted by atomic mass is 32.2. The molecule has 1 aliphatic heterocycles. The summed E-state index contributed by atoms with van der Waals surface area (Å²) < 4.78 is 5.38. The number of thioether (sulfide) groups is 1. The van der Waals surface area contributed by atoms with Gasteiger partial charge in [-0.05, 0) is 60.6 Å². The van der Waals surface area contributed by atoms with E-state index < -0.39 is 0 Å². The molecular weight excluding hydrogens is 330 g/mol. The molecule has 0 atom stereocenters. The largest absolute Gasteiger partial charge is 0.497 e. The smallest absolute Gasteiger partial charge is 0.139 e. The lowest BCUT2D eigenvalue weighted by molar-refractivity contribution is 0.414. The average molecular weight is 351 g/mol. The van der Waals surface area contributed by atoms with Gasteiger partial charge in [-0.25, -0.2) is 9.97 Å². The van der Waals surface area contributed by atoms with Crippen molar-refractivity contribution in [3.05, 3.63) is 53.9 Å². The molecule has 1 aromatic heterocycles. The fourth-order valence-electron chi connectivity index (χ4n) is 3.44. The molecule has 0 unspecified atom stereocenters. The lowest BCUT2D eigenvalue weighted by Crippen LogP contribution is -2.27. The second-order valence-corrected chi connectivity index (χ2v) is 7.08. The normalized spacial score (nSPS) is 14.2. The van der Waals surface area contributed by atoms with Crippen molar-refractivity contribution in [2.24, 2.45) is 0 Å². The van der Waals surface area contributed by atoms with Gasteiger partial charge < -0.3 is 9.64 Å². The average Bonchev–Trinajstić information content (AvgIpc) is 2.89. The Labute approximate surface area is 152 Å². The van der Waals surface area contributed by atoms with E-state index in [4.69, 9.17) is 4.74 Å². The van der Waals surface area contributed by atoms with Gasteiger partial charge in [0, 0.05) is 23.4 Å². The molecule has 25 heavy (non-hydrogen) atoms. The van der Waals surface area contributed by atoms with Crippen LogP contribution in [0.2, 0.25) is 0 Å². The maximum absolute atomic E-state index is 5.38. The summed E-state index contributed by atoms with van der Waals surface area (Å²) in [6, 6.07) is 12.8. The Balaban J connectivity index is 1.68. The highest BCUT2D eigenvalue weighted by Crippen LogP contribution is 2.29. The Kier molecular flexibility index (Phi) is 4.49. The van der Waals surface area contributed by atoms with Crippen LogP contribution in [-0.4, -0.2) is 36.4 Å². The summed E-state index contributed by atoms with van der Waals surface area (Å²) in [7, 11) is 1.72. The minimum absolute atomic E-state index is 0.935. The third-order valence-electron chi connectivity index (χ3n) is 4.84. The fraction of sp³-hybridized carbons (Fsp3) is 0.300. The number of hydrogen-bond acceptors (Lipinski definition) is 5. The molecule has 0 spiro atoms. The molecule has 2 aromatic carbocycles. The van der Waals surface area contributed by atoms with Crippen LogP contribution >= 0.6 is 11.8 Å². The molecule has 0 radical (unpaired) electrons. The molecule has 0 fully saturated rings. The van der Waals surface area contributed by atoms with E-state index in [1.54, 1.807) is 25.2 Å². The van der Waals surface area contributed by atoms with Crippen molar-refractivity contribution in [3.63, 3.8) is 0 Å². The Hall–Kier alpha value is -2.27. The van der Waals surface area contributed by atoms with Gasteiger partial charge in [0.1, 0.15) is 17.9 Å². The molecule has 0 aliphatic carbocycles. The summed E-state index contributed by atoms with van der Waals surface area (Å²) in [6.45, 7) is 1.92.